The molecule has 0 aliphatic heterocycles. The molecule has 0 unspecified atom stereocenters. The molecule has 4 N–H and O–H groups in total. The van der Waals surface area contributed by atoms with Crippen molar-refractivity contribution < 1.29 is 18.3 Å². The fourth-order valence-corrected chi connectivity index (χ4v) is 4.93. The van der Waals surface area contributed by atoms with Gasteiger partial charge in [-0.25, -0.2) is 13.9 Å². The summed E-state index contributed by atoms with van der Waals surface area (Å²) < 4.78 is 36.0. The van der Waals surface area contributed by atoms with Crippen molar-refractivity contribution >= 4 is 22.6 Å². The zero-order chi connectivity index (χ0) is 25.4. The van der Waals surface area contributed by atoms with Gasteiger partial charge in [-0.05, 0) is 42.7 Å². The van der Waals surface area contributed by atoms with Crippen LogP contribution in [0.5, 0.6) is 5.75 Å². The Balaban J connectivity index is 1.45. The average Bonchev–Trinajstić information content (AvgIpc) is 3.54. The summed E-state index contributed by atoms with van der Waals surface area (Å²) in [6.45, 7) is 0.0168. The lowest BCUT2D eigenvalue weighted by atomic mass is 10.0. The molecule has 1 aliphatic carbocycles. The Hall–Kier alpha value is -4.21. The van der Waals surface area contributed by atoms with Gasteiger partial charge in [0.25, 0.3) is 11.5 Å². The number of benzene rings is 2. The Morgan fingerprint density at radius 2 is 1.97 bits per heavy atom. The van der Waals surface area contributed by atoms with E-state index in [0.717, 1.165) is 31.7 Å². The topological polar surface area (TPSA) is 115 Å². The number of carbonyl (C=O) groups excluding carboxylic acids is 1. The van der Waals surface area contributed by atoms with Gasteiger partial charge in [-0.15, -0.1) is 0 Å². The Morgan fingerprint density at radius 1 is 1.19 bits per heavy atom. The van der Waals surface area contributed by atoms with E-state index in [0.29, 0.717) is 22.0 Å². The second kappa shape index (κ2) is 9.44. The van der Waals surface area contributed by atoms with Crippen molar-refractivity contribution in [1.29, 1.82) is 0 Å². The number of anilines is 1. The highest BCUT2D eigenvalue weighted by Gasteiger charge is 2.25. The highest BCUT2D eigenvalue weighted by Crippen LogP contribution is 2.39. The summed E-state index contributed by atoms with van der Waals surface area (Å²) in [5.41, 5.74) is 7.46. The van der Waals surface area contributed by atoms with E-state index in [9.17, 15) is 14.0 Å². The van der Waals surface area contributed by atoms with Gasteiger partial charge < -0.3 is 20.4 Å². The Morgan fingerprint density at radius 3 is 2.69 bits per heavy atom. The highest BCUT2D eigenvalue weighted by atomic mass is 19.1. The number of nitrogens with zero attached hydrogens (tertiary/aromatic N) is 2. The number of halogens is 2. The minimum Gasteiger partial charge on any atom is -0.496 e. The van der Waals surface area contributed by atoms with E-state index >= 15 is 4.39 Å². The number of hydrogen-bond donors (Lipinski definition) is 3. The van der Waals surface area contributed by atoms with Crippen molar-refractivity contribution in [2.24, 2.45) is 0 Å². The van der Waals surface area contributed by atoms with Crippen molar-refractivity contribution in [3.63, 3.8) is 0 Å². The first kappa shape index (κ1) is 23.5. The number of hydrogen-bond acceptors (Lipinski definition) is 5. The van der Waals surface area contributed by atoms with Crippen molar-refractivity contribution in [1.82, 2.24) is 20.1 Å². The second-order valence-corrected chi connectivity index (χ2v) is 8.89. The van der Waals surface area contributed by atoms with Crippen molar-refractivity contribution in [3.05, 3.63) is 75.7 Å². The maximum absolute atomic E-state index is 15.4. The molecule has 0 spiro atoms. The smallest absolute Gasteiger partial charge is 0.288 e. The van der Waals surface area contributed by atoms with Crippen LogP contribution in [0.15, 0.2) is 47.4 Å². The third-order valence-electron chi connectivity index (χ3n) is 6.68. The van der Waals surface area contributed by atoms with Gasteiger partial charge >= 0.3 is 0 Å². The van der Waals surface area contributed by atoms with Crippen LogP contribution in [0.2, 0.25) is 0 Å². The summed E-state index contributed by atoms with van der Waals surface area (Å²) in [4.78, 5) is 25.2. The maximum Gasteiger partial charge on any atom is 0.288 e. The summed E-state index contributed by atoms with van der Waals surface area (Å²) in [7, 11) is 1.39. The SMILES string of the molecule is COc1ccc(F)cc1C(=O)NCc1ccc(-c2cn(C3CCCC3)c3c(=O)[nH]nc(N)c23)c(F)c1. The second-order valence-electron chi connectivity index (χ2n) is 8.89. The van der Waals surface area contributed by atoms with Gasteiger partial charge in [0, 0.05) is 29.9 Å². The summed E-state index contributed by atoms with van der Waals surface area (Å²) >= 11 is 0. The molecule has 1 fully saturated rings. The number of amides is 1. The largest absolute Gasteiger partial charge is 0.496 e. The molecule has 4 aromatic rings. The Labute approximate surface area is 205 Å². The molecule has 1 amide bonds. The molecule has 0 saturated heterocycles. The van der Waals surface area contributed by atoms with E-state index in [-0.39, 0.29) is 40.8 Å². The first-order valence-electron chi connectivity index (χ1n) is 11.7. The standard InChI is InChI=1S/C26H25F2N5O3/c1-36-21-9-7-15(27)11-18(21)25(34)30-12-14-6-8-17(20(28)10-14)19-13-33(16-4-2-3-5-16)23-22(19)24(29)31-32-26(23)35/h6-11,13,16H,2-5,12H2,1H3,(H2,29,31)(H,30,34)(H,32,35). The molecule has 186 valence electrons. The van der Waals surface area contributed by atoms with Crippen LogP contribution in [0.3, 0.4) is 0 Å². The molecule has 2 heterocycles. The number of aromatic nitrogens is 3. The Kier molecular flexibility index (Phi) is 6.17. The highest BCUT2D eigenvalue weighted by molar-refractivity contribution is 6.02. The number of fused-ring (bicyclic) bond motifs is 1. The van der Waals surface area contributed by atoms with E-state index in [1.165, 1.54) is 25.3 Å². The molecule has 36 heavy (non-hydrogen) atoms. The number of H-pyrrole nitrogens is 1. The van der Waals surface area contributed by atoms with E-state index in [1.807, 2.05) is 4.57 Å². The quantitative estimate of drug-likeness (QED) is 0.370. The number of methoxy groups -OCH3 is 1. The molecule has 10 heteroatoms. The summed E-state index contributed by atoms with van der Waals surface area (Å²) in [6.07, 6.45) is 5.77. The summed E-state index contributed by atoms with van der Waals surface area (Å²) in [5, 5.41) is 9.41. The summed E-state index contributed by atoms with van der Waals surface area (Å²) in [6, 6.07) is 8.37. The van der Waals surface area contributed by atoms with Crippen LogP contribution in [0.25, 0.3) is 22.0 Å². The number of nitrogens with two attached hydrogens (primary N) is 1. The van der Waals surface area contributed by atoms with Crippen LogP contribution >= 0.6 is 0 Å². The van der Waals surface area contributed by atoms with Crippen LogP contribution in [0.1, 0.15) is 47.6 Å². The minimum absolute atomic E-state index is 0.0168. The van der Waals surface area contributed by atoms with Crippen LogP contribution in [0, 0.1) is 11.6 Å². The third kappa shape index (κ3) is 4.19. The minimum atomic E-state index is -0.569. The van der Waals surface area contributed by atoms with E-state index in [4.69, 9.17) is 10.5 Å². The predicted molar refractivity (Wildman–Crippen MR) is 132 cm³/mol. The van der Waals surface area contributed by atoms with Crippen LogP contribution < -0.4 is 21.3 Å². The summed E-state index contributed by atoms with van der Waals surface area (Å²) in [5.74, 6) is -1.30. The Bertz CT molecular complexity index is 1520. The molecular formula is C26H25F2N5O3. The molecule has 0 bridgehead atoms. The van der Waals surface area contributed by atoms with Crippen LogP contribution in [0.4, 0.5) is 14.6 Å². The fraction of sp³-hybridized carbons (Fsp3) is 0.269. The zero-order valence-electron chi connectivity index (χ0n) is 19.6. The number of aromatic amines is 1. The molecule has 0 atom stereocenters. The van der Waals surface area contributed by atoms with Crippen molar-refractivity contribution in [2.45, 2.75) is 38.3 Å². The number of carbonyl (C=O) groups is 1. The number of ether oxygens (including phenoxy) is 1. The van der Waals surface area contributed by atoms with E-state index in [1.54, 1.807) is 18.3 Å². The lowest BCUT2D eigenvalue weighted by molar-refractivity contribution is 0.0947. The van der Waals surface area contributed by atoms with Gasteiger partial charge in [-0.1, -0.05) is 25.0 Å². The van der Waals surface area contributed by atoms with Crippen LogP contribution in [-0.4, -0.2) is 27.8 Å². The molecule has 2 aromatic carbocycles. The van der Waals surface area contributed by atoms with E-state index < -0.39 is 17.5 Å². The van der Waals surface area contributed by atoms with Gasteiger partial charge in [-0.2, -0.15) is 5.10 Å². The lowest BCUT2D eigenvalue weighted by Gasteiger charge is -2.12. The van der Waals surface area contributed by atoms with Crippen molar-refractivity contribution in [2.75, 3.05) is 12.8 Å². The normalized spacial score (nSPS) is 13.9. The van der Waals surface area contributed by atoms with Gasteiger partial charge in [0.05, 0.1) is 18.1 Å². The molecule has 1 aliphatic rings. The third-order valence-corrected chi connectivity index (χ3v) is 6.68. The number of nitrogen functional groups attached to an aromatic ring is 1. The van der Waals surface area contributed by atoms with Gasteiger partial charge in [0.2, 0.25) is 0 Å². The number of rotatable bonds is 6. The first-order chi connectivity index (χ1) is 17.4. The fourth-order valence-electron chi connectivity index (χ4n) is 4.93. The number of nitrogens with one attached hydrogen (secondary N) is 2. The molecule has 5 rings (SSSR count). The van der Waals surface area contributed by atoms with Crippen LogP contribution in [-0.2, 0) is 6.54 Å². The molecule has 8 nitrogen and oxygen atoms in total. The zero-order valence-corrected chi connectivity index (χ0v) is 19.6. The van der Waals surface area contributed by atoms with Gasteiger partial charge in [-0.3, -0.25) is 9.59 Å². The molecule has 0 radical (unpaired) electrons. The lowest BCUT2D eigenvalue weighted by Crippen LogP contribution is -2.23. The molecular weight excluding hydrogens is 468 g/mol. The maximum atomic E-state index is 15.4. The van der Waals surface area contributed by atoms with E-state index in [2.05, 4.69) is 15.5 Å². The first-order valence-corrected chi connectivity index (χ1v) is 11.7. The predicted octanol–water partition coefficient (Wildman–Crippen LogP) is 4.31. The van der Waals surface area contributed by atoms with Gasteiger partial charge in [0.1, 0.15) is 22.9 Å². The van der Waals surface area contributed by atoms with Gasteiger partial charge in [0.15, 0.2) is 5.82 Å². The monoisotopic (exact) mass is 493 g/mol. The average molecular weight is 494 g/mol. The molecule has 2 aromatic heterocycles. The molecule has 1 saturated carbocycles. The van der Waals surface area contributed by atoms with Crippen molar-refractivity contribution in [3.8, 4) is 16.9 Å².